The summed E-state index contributed by atoms with van der Waals surface area (Å²) in [5, 5.41) is 0. The third-order valence-corrected chi connectivity index (χ3v) is 4.66. The highest BCUT2D eigenvalue weighted by Crippen LogP contribution is 2.37. The standard InChI is InChI=1S/C21H26O2/c1-17-15-23-20(21(17)19-11-6-3-7-12-19)13-8-14-22-16-18-9-4-2-5-10-18/h2-7,9-12,17,20-21H,8,13-16H2,1H3/t17-,20-,21-/m0/s1. The van der Waals surface area contributed by atoms with Gasteiger partial charge >= 0.3 is 0 Å². The second-order valence-corrected chi connectivity index (χ2v) is 6.47. The van der Waals surface area contributed by atoms with Gasteiger partial charge in [-0.1, -0.05) is 67.6 Å². The summed E-state index contributed by atoms with van der Waals surface area (Å²) in [7, 11) is 0. The summed E-state index contributed by atoms with van der Waals surface area (Å²) >= 11 is 0. The van der Waals surface area contributed by atoms with Crippen LogP contribution in [0, 0.1) is 5.92 Å². The molecule has 3 atom stereocenters. The first-order chi connectivity index (χ1) is 11.3. The second-order valence-electron chi connectivity index (χ2n) is 6.47. The van der Waals surface area contributed by atoms with Crippen LogP contribution in [0.25, 0.3) is 0 Å². The van der Waals surface area contributed by atoms with Gasteiger partial charge in [0.1, 0.15) is 0 Å². The highest BCUT2D eigenvalue weighted by molar-refractivity contribution is 5.22. The van der Waals surface area contributed by atoms with Crippen LogP contribution < -0.4 is 0 Å². The fourth-order valence-electron chi connectivity index (χ4n) is 3.48. The van der Waals surface area contributed by atoms with E-state index in [1.54, 1.807) is 0 Å². The molecule has 0 bridgehead atoms. The predicted octanol–water partition coefficient (Wildman–Crippen LogP) is 4.80. The van der Waals surface area contributed by atoms with Gasteiger partial charge in [-0.15, -0.1) is 0 Å². The van der Waals surface area contributed by atoms with Crippen LogP contribution in [-0.4, -0.2) is 19.3 Å². The van der Waals surface area contributed by atoms with E-state index in [4.69, 9.17) is 9.47 Å². The van der Waals surface area contributed by atoms with E-state index in [1.165, 1.54) is 11.1 Å². The Morgan fingerprint density at radius 2 is 1.70 bits per heavy atom. The number of rotatable bonds is 7. The lowest BCUT2D eigenvalue weighted by molar-refractivity contribution is 0.0715. The normalized spacial score (nSPS) is 24.0. The van der Waals surface area contributed by atoms with Crippen molar-refractivity contribution in [2.24, 2.45) is 5.92 Å². The fraction of sp³-hybridized carbons (Fsp3) is 0.429. The first-order valence-corrected chi connectivity index (χ1v) is 8.63. The Morgan fingerprint density at radius 3 is 2.43 bits per heavy atom. The highest BCUT2D eigenvalue weighted by Gasteiger charge is 2.34. The summed E-state index contributed by atoms with van der Waals surface area (Å²) in [6.07, 6.45) is 2.44. The second kappa shape index (κ2) is 8.28. The molecule has 0 aromatic heterocycles. The van der Waals surface area contributed by atoms with Gasteiger partial charge in [-0.2, -0.15) is 0 Å². The number of ether oxygens (including phenoxy) is 2. The Labute approximate surface area is 139 Å². The Balaban J connectivity index is 1.44. The summed E-state index contributed by atoms with van der Waals surface area (Å²) < 4.78 is 11.8. The van der Waals surface area contributed by atoms with Gasteiger partial charge in [0.25, 0.3) is 0 Å². The molecule has 1 saturated heterocycles. The molecule has 0 radical (unpaired) electrons. The lowest BCUT2D eigenvalue weighted by Gasteiger charge is -2.21. The maximum absolute atomic E-state index is 6.04. The molecule has 0 spiro atoms. The molecule has 0 saturated carbocycles. The van der Waals surface area contributed by atoms with Crippen LogP contribution in [0.3, 0.4) is 0 Å². The monoisotopic (exact) mass is 310 g/mol. The van der Waals surface area contributed by atoms with Crippen molar-refractivity contribution in [3.8, 4) is 0 Å². The molecule has 0 N–H and O–H groups in total. The van der Waals surface area contributed by atoms with Crippen molar-refractivity contribution in [2.45, 2.75) is 38.4 Å². The smallest absolute Gasteiger partial charge is 0.0716 e. The van der Waals surface area contributed by atoms with Crippen LogP contribution in [0.2, 0.25) is 0 Å². The predicted molar refractivity (Wildman–Crippen MR) is 93.4 cm³/mol. The molecule has 2 aromatic carbocycles. The zero-order chi connectivity index (χ0) is 15.9. The highest BCUT2D eigenvalue weighted by atomic mass is 16.5. The van der Waals surface area contributed by atoms with E-state index in [-0.39, 0.29) is 0 Å². The molecule has 1 fully saturated rings. The van der Waals surface area contributed by atoms with Crippen molar-refractivity contribution in [2.75, 3.05) is 13.2 Å². The van der Waals surface area contributed by atoms with Gasteiger partial charge < -0.3 is 9.47 Å². The average molecular weight is 310 g/mol. The molecule has 23 heavy (non-hydrogen) atoms. The third-order valence-electron chi connectivity index (χ3n) is 4.66. The van der Waals surface area contributed by atoms with Crippen molar-refractivity contribution >= 4 is 0 Å². The number of hydrogen-bond acceptors (Lipinski definition) is 2. The van der Waals surface area contributed by atoms with Gasteiger partial charge in [0.15, 0.2) is 0 Å². The molecule has 0 aliphatic carbocycles. The molecule has 2 heteroatoms. The molecule has 0 amide bonds. The molecular formula is C21H26O2. The van der Waals surface area contributed by atoms with Gasteiger partial charge in [0.05, 0.1) is 19.3 Å². The zero-order valence-electron chi connectivity index (χ0n) is 13.9. The molecule has 1 aliphatic rings. The van der Waals surface area contributed by atoms with E-state index >= 15 is 0 Å². The quantitative estimate of drug-likeness (QED) is 0.684. The van der Waals surface area contributed by atoms with E-state index in [9.17, 15) is 0 Å². The first-order valence-electron chi connectivity index (χ1n) is 8.63. The summed E-state index contributed by atoms with van der Waals surface area (Å²) in [6, 6.07) is 21.1. The van der Waals surface area contributed by atoms with Crippen LogP contribution in [0.5, 0.6) is 0 Å². The molecule has 2 nitrogen and oxygen atoms in total. The van der Waals surface area contributed by atoms with Crippen molar-refractivity contribution in [1.82, 2.24) is 0 Å². The molecule has 3 rings (SSSR count). The minimum Gasteiger partial charge on any atom is -0.377 e. The lowest BCUT2D eigenvalue weighted by Crippen LogP contribution is -2.18. The Hall–Kier alpha value is -1.64. The zero-order valence-corrected chi connectivity index (χ0v) is 13.9. The van der Waals surface area contributed by atoms with E-state index in [0.717, 1.165) is 26.1 Å². The van der Waals surface area contributed by atoms with Gasteiger partial charge in [-0.05, 0) is 29.9 Å². The van der Waals surface area contributed by atoms with Crippen LogP contribution in [0.1, 0.15) is 36.8 Å². The SMILES string of the molecule is C[C@H]1CO[C@@H](CCCOCc2ccccc2)[C@@H]1c1ccccc1. The third kappa shape index (κ3) is 4.43. The van der Waals surface area contributed by atoms with Crippen LogP contribution in [-0.2, 0) is 16.1 Å². The van der Waals surface area contributed by atoms with Crippen LogP contribution in [0.15, 0.2) is 60.7 Å². The van der Waals surface area contributed by atoms with E-state index in [2.05, 4.69) is 61.5 Å². The molecular weight excluding hydrogens is 284 g/mol. The Kier molecular flexibility index (Phi) is 5.84. The minimum atomic E-state index is 0.327. The summed E-state index contributed by atoms with van der Waals surface area (Å²) in [6.45, 7) is 4.66. The van der Waals surface area contributed by atoms with Gasteiger partial charge in [-0.3, -0.25) is 0 Å². The molecule has 1 aliphatic heterocycles. The maximum atomic E-state index is 6.04. The van der Waals surface area contributed by atoms with Crippen molar-refractivity contribution in [3.63, 3.8) is 0 Å². The Morgan fingerprint density at radius 1 is 1.00 bits per heavy atom. The largest absolute Gasteiger partial charge is 0.377 e. The van der Waals surface area contributed by atoms with Crippen molar-refractivity contribution < 1.29 is 9.47 Å². The minimum absolute atomic E-state index is 0.327. The fourth-order valence-corrected chi connectivity index (χ4v) is 3.48. The average Bonchev–Trinajstić information content (AvgIpc) is 2.97. The summed E-state index contributed by atoms with van der Waals surface area (Å²) in [5.74, 6) is 1.11. The topological polar surface area (TPSA) is 18.5 Å². The van der Waals surface area contributed by atoms with Gasteiger partial charge in [0, 0.05) is 12.5 Å². The molecule has 122 valence electrons. The van der Waals surface area contributed by atoms with Crippen LogP contribution >= 0.6 is 0 Å². The van der Waals surface area contributed by atoms with E-state index < -0.39 is 0 Å². The number of benzene rings is 2. The molecule has 1 heterocycles. The first kappa shape index (κ1) is 16.2. The molecule has 0 unspecified atom stereocenters. The number of hydrogen-bond donors (Lipinski definition) is 0. The van der Waals surface area contributed by atoms with Crippen LogP contribution in [0.4, 0.5) is 0 Å². The lowest BCUT2D eigenvalue weighted by atomic mass is 9.84. The molecule has 2 aromatic rings. The van der Waals surface area contributed by atoms with Gasteiger partial charge in [0.2, 0.25) is 0 Å². The maximum Gasteiger partial charge on any atom is 0.0716 e. The van der Waals surface area contributed by atoms with E-state index in [0.29, 0.717) is 24.5 Å². The van der Waals surface area contributed by atoms with Crippen molar-refractivity contribution in [3.05, 3.63) is 71.8 Å². The van der Waals surface area contributed by atoms with Crippen molar-refractivity contribution in [1.29, 1.82) is 0 Å². The summed E-state index contributed by atoms with van der Waals surface area (Å²) in [5.41, 5.74) is 2.65. The Bertz CT molecular complexity index is 567. The van der Waals surface area contributed by atoms with E-state index in [1.807, 2.05) is 6.07 Å². The van der Waals surface area contributed by atoms with Gasteiger partial charge in [-0.25, -0.2) is 0 Å². The summed E-state index contributed by atoms with van der Waals surface area (Å²) in [4.78, 5) is 0.